The molecule has 1 saturated heterocycles. The number of carbonyl (C=O) groups excluding carboxylic acids is 1. The van der Waals surface area contributed by atoms with Gasteiger partial charge in [0.15, 0.2) is 11.5 Å². The zero-order valence-corrected chi connectivity index (χ0v) is 16.0. The van der Waals surface area contributed by atoms with Crippen molar-refractivity contribution in [1.29, 1.82) is 0 Å². The Kier molecular flexibility index (Phi) is 7.14. The first-order chi connectivity index (χ1) is 11.9. The van der Waals surface area contributed by atoms with Gasteiger partial charge in [-0.15, -0.1) is 0 Å². The van der Waals surface area contributed by atoms with Gasteiger partial charge in [-0.1, -0.05) is 11.6 Å². The van der Waals surface area contributed by atoms with Crippen LogP contribution in [0, 0.1) is 0 Å². The number of likely N-dealkylation sites (tertiary alicyclic amines) is 1. The first-order valence-corrected chi connectivity index (χ1v) is 8.86. The lowest BCUT2D eigenvalue weighted by Crippen LogP contribution is -2.39. The van der Waals surface area contributed by atoms with Crippen LogP contribution in [0.25, 0.3) is 6.08 Å². The molecule has 0 unspecified atom stereocenters. The maximum atomic E-state index is 12.3. The van der Waals surface area contributed by atoms with E-state index in [0.29, 0.717) is 29.6 Å². The highest BCUT2D eigenvalue weighted by Gasteiger charge is 2.21. The molecule has 25 heavy (non-hydrogen) atoms. The molecule has 0 aliphatic carbocycles. The van der Waals surface area contributed by atoms with E-state index >= 15 is 0 Å². The molecule has 5 nitrogen and oxygen atoms in total. The largest absolute Gasteiger partial charge is 0.493 e. The summed E-state index contributed by atoms with van der Waals surface area (Å²) >= 11 is 6.31. The average molecular weight is 368 g/mol. The van der Waals surface area contributed by atoms with E-state index in [1.165, 1.54) is 0 Å². The Morgan fingerprint density at radius 1 is 1.28 bits per heavy atom. The van der Waals surface area contributed by atoms with Gasteiger partial charge in [-0.05, 0) is 50.5 Å². The molecule has 1 fully saturated rings. The van der Waals surface area contributed by atoms with E-state index in [-0.39, 0.29) is 18.1 Å². The number of ether oxygens (including phenoxy) is 3. The molecule has 1 aromatic rings. The number of rotatable bonds is 6. The van der Waals surface area contributed by atoms with Crippen molar-refractivity contribution >= 4 is 23.6 Å². The first-order valence-electron chi connectivity index (χ1n) is 8.48. The fraction of sp³-hybridized carbons (Fsp3) is 0.526. The average Bonchev–Trinajstić information content (AvgIpc) is 2.61. The molecule has 0 N–H and O–H groups in total. The predicted molar refractivity (Wildman–Crippen MR) is 99.4 cm³/mol. The molecule has 1 heterocycles. The summed E-state index contributed by atoms with van der Waals surface area (Å²) in [4.78, 5) is 14.2. The van der Waals surface area contributed by atoms with Gasteiger partial charge < -0.3 is 19.1 Å². The molecule has 2 rings (SSSR count). The van der Waals surface area contributed by atoms with E-state index in [0.717, 1.165) is 18.4 Å². The van der Waals surface area contributed by atoms with E-state index in [1.54, 1.807) is 32.4 Å². The summed E-state index contributed by atoms with van der Waals surface area (Å²) < 4.78 is 16.4. The second-order valence-corrected chi connectivity index (χ2v) is 6.70. The molecule has 1 aliphatic rings. The Balaban J connectivity index is 2.07. The molecule has 138 valence electrons. The van der Waals surface area contributed by atoms with Crippen LogP contribution >= 0.6 is 11.6 Å². The zero-order chi connectivity index (χ0) is 18.4. The third kappa shape index (κ3) is 5.38. The number of halogens is 1. The van der Waals surface area contributed by atoms with Crippen molar-refractivity contribution < 1.29 is 19.0 Å². The number of nitrogens with zero attached hydrogens (tertiary/aromatic N) is 1. The van der Waals surface area contributed by atoms with Crippen LogP contribution in [-0.4, -0.2) is 50.3 Å². The van der Waals surface area contributed by atoms with Crippen LogP contribution in [0.3, 0.4) is 0 Å². The topological polar surface area (TPSA) is 48.0 Å². The molecule has 0 aromatic heterocycles. The summed E-state index contributed by atoms with van der Waals surface area (Å²) in [5.74, 6) is 1.06. The van der Waals surface area contributed by atoms with E-state index in [2.05, 4.69) is 0 Å². The lowest BCUT2D eigenvalue weighted by Gasteiger charge is -2.30. The zero-order valence-electron chi connectivity index (χ0n) is 15.3. The highest BCUT2D eigenvalue weighted by molar-refractivity contribution is 6.32. The normalized spacial score (nSPS) is 15.8. The van der Waals surface area contributed by atoms with Gasteiger partial charge in [-0.3, -0.25) is 4.79 Å². The summed E-state index contributed by atoms with van der Waals surface area (Å²) in [6, 6.07) is 3.58. The summed E-state index contributed by atoms with van der Waals surface area (Å²) in [5, 5.41) is 0.459. The van der Waals surface area contributed by atoms with Gasteiger partial charge in [0, 0.05) is 26.3 Å². The summed E-state index contributed by atoms with van der Waals surface area (Å²) in [5.41, 5.74) is 0.790. The van der Waals surface area contributed by atoms with E-state index in [4.69, 9.17) is 25.8 Å². The third-order valence-corrected chi connectivity index (χ3v) is 4.39. The fourth-order valence-electron chi connectivity index (χ4n) is 2.77. The van der Waals surface area contributed by atoms with Gasteiger partial charge in [0.25, 0.3) is 0 Å². The number of piperidine rings is 1. The molecule has 0 spiro atoms. The van der Waals surface area contributed by atoms with E-state index in [9.17, 15) is 4.79 Å². The Hall–Kier alpha value is -1.72. The van der Waals surface area contributed by atoms with Crippen LogP contribution in [0.5, 0.6) is 11.5 Å². The Labute approximate surface area is 154 Å². The molecule has 0 radical (unpaired) electrons. The van der Waals surface area contributed by atoms with Gasteiger partial charge in [0.1, 0.15) is 0 Å². The maximum Gasteiger partial charge on any atom is 0.246 e. The Bertz CT molecular complexity index is 622. The minimum Gasteiger partial charge on any atom is -0.493 e. The number of hydrogen-bond donors (Lipinski definition) is 0. The molecule has 0 atom stereocenters. The molecule has 1 aromatic carbocycles. The van der Waals surface area contributed by atoms with Gasteiger partial charge in [0.05, 0.1) is 24.3 Å². The van der Waals surface area contributed by atoms with Crippen LogP contribution < -0.4 is 9.47 Å². The summed E-state index contributed by atoms with van der Waals surface area (Å²) in [7, 11) is 3.28. The van der Waals surface area contributed by atoms with Gasteiger partial charge >= 0.3 is 0 Å². The molecule has 0 saturated carbocycles. The molecule has 6 heteroatoms. The Morgan fingerprint density at radius 3 is 2.52 bits per heavy atom. The van der Waals surface area contributed by atoms with Crippen molar-refractivity contribution in [2.75, 3.05) is 27.3 Å². The lowest BCUT2D eigenvalue weighted by molar-refractivity contribution is -0.128. The lowest BCUT2D eigenvalue weighted by atomic mass is 10.1. The molecular formula is C19H26ClNO4. The van der Waals surface area contributed by atoms with Crippen molar-refractivity contribution in [1.82, 2.24) is 4.90 Å². The van der Waals surface area contributed by atoms with Crippen molar-refractivity contribution in [3.05, 3.63) is 28.8 Å². The minimum atomic E-state index is -0.00982. The predicted octanol–water partition coefficient (Wildman–Crippen LogP) is 3.79. The quantitative estimate of drug-likeness (QED) is 0.718. The highest BCUT2D eigenvalue weighted by Crippen LogP contribution is 2.37. The SMILES string of the molecule is COc1cc(/C=C/C(=O)N2CCC(OC)CC2)cc(Cl)c1OC(C)C. The van der Waals surface area contributed by atoms with Crippen LogP contribution in [0.2, 0.25) is 5.02 Å². The second-order valence-electron chi connectivity index (χ2n) is 6.29. The van der Waals surface area contributed by atoms with Crippen LogP contribution in [0.15, 0.2) is 18.2 Å². The second kappa shape index (κ2) is 9.11. The molecule has 1 aliphatic heterocycles. The van der Waals surface area contributed by atoms with Crippen molar-refractivity contribution in [2.24, 2.45) is 0 Å². The van der Waals surface area contributed by atoms with E-state index < -0.39 is 0 Å². The third-order valence-electron chi connectivity index (χ3n) is 4.11. The Morgan fingerprint density at radius 2 is 1.96 bits per heavy atom. The number of benzene rings is 1. The smallest absolute Gasteiger partial charge is 0.246 e. The summed E-state index contributed by atoms with van der Waals surface area (Å²) in [6.07, 6.45) is 5.31. The van der Waals surface area contributed by atoms with Gasteiger partial charge in [0.2, 0.25) is 5.91 Å². The first kappa shape index (κ1) is 19.6. The van der Waals surface area contributed by atoms with E-state index in [1.807, 2.05) is 24.8 Å². The van der Waals surface area contributed by atoms with Crippen molar-refractivity contribution in [3.8, 4) is 11.5 Å². The highest BCUT2D eigenvalue weighted by atomic mass is 35.5. The van der Waals surface area contributed by atoms with Crippen LogP contribution in [0.4, 0.5) is 0 Å². The monoisotopic (exact) mass is 367 g/mol. The van der Waals surface area contributed by atoms with Gasteiger partial charge in [-0.25, -0.2) is 0 Å². The number of hydrogen-bond acceptors (Lipinski definition) is 4. The van der Waals surface area contributed by atoms with Crippen LogP contribution in [-0.2, 0) is 9.53 Å². The number of amides is 1. The summed E-state index contributed by atoms with van der Waals surface area (Å²) in [6.45, 7) is 5.28. The van der Waals surface area contributed by atoms with Crippen molar-refractivity contribution in [2.45, 2.75) is 38.9 Å². The molecular weight excluding hydrogens is 342 g/mol. The minimum absolute atomic E-state index is 0.00727. The van der Waals surface area contributed by atoms with Crippen LogP contribution in [0.1, 0.15) is 32.3 Å². The number of methoxy groups -OCH3 is 2. The molecule has 1 amide bonds. The maximum absolute atomic E-state index is 12.3. The van der Waals surface area contributed by atoms with Crippen molar-refractivity contribution in [3.63, 3.8) is 0 Å². The molecule has 0 bridgehead atoms. The number of carbonyl (C=O) groups is 1. The van der Waals surface area contributed by atoms with Gasteiger partial charge in [-0.2, -0.15) is 0 Å². The standard InChI is InChI=1S/C19H26ClNO4/c1-13(2)25-19-16(20)11-14(12-17(19)24-4)5-6-18(22)21-9-7-15(23-3)8-10-21/h5-6,11-13,15H,7-10H2,1-4H3/b6-5+. The fourth-order valence-corrected chi connectivity index (χ4v) is 3.03.